The number of hydrogen-bond donors (Lipinski definition) is 0. The van der Waals surface area contributed by atoms with Crippen LogP contribution in [0.15, 0.2) is 18.5 Å². The number of pyridine rings is 1. The third kappa shape index (κ3) is 7.39. The molecule has 0 saturated carbocycles. The fraction of sp³-hybridized carbons (Fsp3) is 0.640. The van der Waals surface area contributed by atoms with E-state index in [1.165, 1.54) is 0 Å². The highest BCUT2D eigenvalue weighted by Crippen LogP contribution is 2.36. The highest BCUT2D eigenvalue weighted by molar-refractivity contribution is 14.1. The number of rotatable bonds is 12. The number of hydrogen-bond acceptors (Lipinski definition) is 6. The van der Waals surface area contributed by atoms with Crippen LogP contribution in [0, 0.1) is 3.70 Å². The summed E-state index contributed by atoms with van der Waals surface area (Å²) in [6, 6.07) is 3.20. The molecule has 0 spiro atoms. The van der Waals surface area contributed by atoms with Gasteiger partial charge in [-0.2, -0.15) is 10.2 Å². The van der Waals surface area contributed by atoms with Crippen molar-refractivity contribution in [2.45, 2.75) is 77.7 Å². The Kier molecular flexibility index (Phi) is 9.45. The number of aryl methyl sites for hydroxylation is 1. The van der Waals surface area contributed by atoms with E-state index in [1.807, 2.05) is 24.1 Å². The molecule has 8 nitrogen and oxygen atoms in total. The zero-order chi connectivity index (χ0) is 26.7. The van der Waals surface area contributed by atoms with Crippen LogP contribution in [0.3, 0.4) is 0 Å². The predicted octanol–water partition coefficient (Wildman–Crippen LogP) is 6.54. The van der Waals surface area contributed by atoms with Crippen LogP contribution in [0.5, 0.6) is 5.88 Å². The molecular formula is C25H42IN5O3Si2. The summed E-state index contributed by atoms with van der Waals surface area (Å²) in [6.45, 7) is 20.8. The Morgan fingerprint density at radius 2 is 1.75 bits per heavy atom. The molecule has 0 unspecified atom stereocenters. The van der Waals surface area contributed by atoms with Gasteiger partial charge in [-0.15, -0.1) is 0 Å². The molecule has 0 aliphatic heterocycles. The van der Waals surface area contributed by atoms with Crippen LogP contribution in [0.2, 0.25) is 43.8 Å². The van der Waals surface area contributed by atoms with Crippen molar-refractivity contribution < 1.29 is 13.9 Å². The van der Waals surface area contributed by atoms with Gasteiger partial charge in [0.25, 0.3) is 0 Å². The van der Waals surface area contributed by atoms with Crippen molar-refractivity contribution in [2.75, 3.05) is 19.8 Å². The summed E-state index contributed by atoms with van der Waals surface area (Å²) in [5, 5.41) is 10.4. The molecule has 0 fully saturated rings. The van der Waals surface area contributed by atoms with Gasteiger partial charge in [-0.25, -0.2) is 9.36 Å². The minimum Gasteiger partial charge on any atom is -0.477 e. The monoisotopic (exact) mass is 643 g/mol. The van der Waals surface area contributed by atoms with Crippen LogP contribution in [-0.4, -0.2) is 60.8 Å². The van der Waals surface area contributed by atoms with Crippen LogP contribution in [-0.2, 0) is 22.9 Å². The van der Waals surface area contributed by atoms with E-state index in [2.05, 4.69) is 92.4 Å². The number of aromatic nitrogens is 5. The van der Waals surface area contributed by atoms with Crippen LogP contribution in [0.1, 0.15) is 27.2 Å². The first-order chi connectivity index (χ1) is 16.7. The first kappa shape index (κ1) is 29.3. The van der Waals surface area contributed by atoms with Crippen LogP contribution >= 0.6 is 22.6 Å². The Balaban J connectivity index is 1.66. The molecule has 0 aromatic carbocycles. The van der Waals surface area contributed by atoms with Crippen molar-refractivity contribution in [3.63, 3.8) is 0 Å². The molecule has 200 valence electrons. The predicted molar refractivity (Wildman–Crippen MR) is 160 cm³/mol. The maximum atomic E-state index is 6.28. The second kappa shape index (κ2) is 11.6. The van der Waals surface area contributed by atoms with Crippen LogP contribution < -0.4 is 4.74 Å². The largest absolute Gasteiger partial charge is 0.477 e. The van der Waals surface area contributed by atoms with E-state index in [0.29, 0.717) is 25.8 Å². The lowest BCUT2D eigenvalue weighted by molar-refractivity contribution is 0.0814. The van der Waals surface area contributed by atoms with Crippen molar-refractivity contribution >= 4 is 49.9 Å². The Labute approximate surface area is 231 Å². The Bertz CT molecular complexity index is 1170. The van der Waals surface area contributed by atoms with E-state index in [-0.39, 0.29) is 5.04 Å². The zero-order valence-corrected chi connectivity index (χ0v) is 27.5. The van der Waals surface area contributed by atoms with Crippen LogP contribution in [0.4, 0.5) is 0 Å². The minimum atomic E-state index is -1.74. The van der Waals surface area contributed by atoms with Gasteiger partial charge in [0.2, 0.25) is 5.88 Å². The number of halogens is 1. The lowest BCUT2D eigenvalue weighted by Crippen LogP contribution is -2.41. The molecule has 36 heavy (non-hydrogen) atoms. The van der Waals surface area contributed by atoms with Gasteiger partial charge in [0.1, 0.15) is 10.4 Å². The average Bonchev–Trinajstić information content (AvgIpc) is 3.29. The first-order valence-electron chi connectivity index (χ1n) is 12.6. The van der Waals surface area contributed by atoms with Crippen molar-refractivity contribution in [3.05, 3.63) is 22.2 Å². The van der Waals surface area contributed by atoms with E-state index < -0.39 is 16.4 Å². The highest BCUT2D eigenvalue weighted by atomic mass is 127. The molecule has 3 aromatic heterocycles. The number of ether oxygens (including phenoxy) is 2. The molecule has 0 saturated heterocycles. The van der Waals surface area contributed by atoms with E-state index >= 15 is 0 Å². The van der Waals surface area contributed by atoms with Gasteiger partial charge >= 0.3 is 0 Å². The lowest BCUT2D eigenvalue weighted by atomic mass is 10.2. The maximum absolute atomic E-state index is 6.28. The molecule has 0 N–H and O–H groups in total. The van der Waals surface area contributed by atoms with E-state index in [1.54, 1.807) is 4.68 Å². The third-order valence-corrected chi connectivity index (χ3v) is 13.8. The molecule has 3 aromatic rings. The second-order valence-corrected chi connectivity index (χ2v) is 23.5. The van der Waals surface area contributed by atoms with E-state index in [9.17, 15) is 0 Å². The fourth-order valence-electron chi connectivity index (χ4n) is 3.35. The standard InChI is InChI=1S/C25H42IN5O3Si2/c1-25(2,3)36(8,9)34-12-10-11-33-24-20(16-28-30(24)4)21-15-19-22(17-27-21)31(29-23(19)26)18-32-13-14-35(5,6)7/h15-17H,10-14,18H2,1-9H3. The van der Waals surface area contributed by atoms with Gasteiger partial charge < -0.3 is 13.9 Å². The maximum Gasteiger partial charge on any atom is 0.221 e. The van der Waals surface area contributed by atoms with Crippen LogP contribution in [0.25, 0.3) is 22.2 Å². The molecule has 0 radical (unpaired) electrons. The second-order valence-electron chi connectivity index (χ2n) is 12.0. The quantitative estimate of drug-likeness (QED) is 0.127. The molecule has 3 rings (SSSR count). The summed E-state index contributed by atoms with van der Waals surface area (Å²) in [7, 11) is -0.968. The lowest BCUT2D eigenvalue weighted by Gasteiger charge is -2.36. The molecule has 0 aliphatic carbocycles. The van der Waals surface area contributed by atoms with Gasteiger partial charge in [0, 0.05) is 40.1 Å². The van der Waals surface area contributed by atoms with Gasteiger partial charge in [-0.1, -0.05) is 40.4 Å². The fourth-order valence-corrected chi connectivity index (χ4v) is 5.89. The minimum absolute atomic E-state index is 0.207. The summed E-state index contributed by atoms with van der Waals surface area (Å²) >= 11 is 2.28. The van der Waals surface area contributed by atoms with Crippen molar-refractivity contribution in [1.29, 1.82) is 0 Å². The Morgan fingerprint density at radius 1 is 1.03 bits per heavy atom. The Hall–Kier alpha value is -1.29. The summed E-state index contributed by atoms with van der Waals surface area (Å²) in [5.74, 6) is 0.714. The van der Waals surface area contributed by atoms with Gasteiger partial charge in [-0.3, -0.25) is 4.98 Å². The first-order valence-corrected chi connectivity index (χ1v) is 20.3. The van der Waals surface area contributed by atoms with Crippen molar-refractivity contribution in [1.82, 2.24) is 24.5 Å². The number of fused-ring (bicyclic) bond motifs is 1. The van der Waals surface area contributed by atoms with Gasteiger partial charge in [0.15, 0.2) is 8.32 Å². The number of nitrogens with zero attached hydrogens (tertiary/aromatic N) is 5. The zero-order valence-electron chi connectivity index (χ0n) is 23.3. The van der Waals surface area contributed by atoms with Gasteiger partial charge in [-0.05, 0) is 52.8 Å². The summed E-state index contributed by atoms with van der Waals surface area (Å²) in [5.41, 5.74) is 2.66. The molecule has 0 amide bonds. The van der Waals surface area contributed by atoms with Crippen molar-refractivity contribution in [2.24, 2.45) is 7.05 Å². The topological polar surface area (TPSA) is 76.2 Å². The molecule has 11 heteroatoms. The van der Waals surface area contributed by atoms with E-state index in [4.69, 9.17) is 18.9 Å². The van der Waals surface area contributed by atoms with Crippen molar-refractivity contribution in [3.8, 4) is 17.1 Å². The smallest absolute Gasteiger partial charge is 0.221 e. The SMILES string of the molecule is Cn1ncc(-c2cc3c(I)nn(COCC[Si](C)(C)C)c3cn2)c1OCCCO[Si](C)(C)C(C)(C)C. The average molecular weight is 644 g/mol. The van der Waals surface area contributed by atoms with E-state index in [0.717, 1.165) is 44.9 Å². The molecular weight excluding hydrogens is 601 g/mol. The normalized spacial score (nSPS) is 13.1. The molecule has 0 atom stereocenters. The summed E-state index contributed by atoms with van der Waals surface area (Å²) in [6.07, 6.45) is 4.50. The highest BCUT2D eigenvalue weighted by Gasteiger charge is 2.36. The molecule has 3 heterocycles. The molecule has 0 bridgehead atoms. The summed E-state index contributed by atoms with van der Waals surface area (Å²) in [4.78, 5) is 4.73. The van der Waals surface area contributed by atoms with Gasteiger partial charge in [0.05, 0.1) is 35.8 Å². The third-order valence-electron chi connectivity index (χ3n) is 6.76. The molecule has 0 aliphatic rings. The Morgan fingerprint density at radius 3 is 2.42 bits per heavy atom. The summed E-state index contributed by atoms with van der Waals surface area (Å²) < 4.78 is 22.9.